The molecule has 2 atom stereocenters. The first-order chi connectivity index (χ1) is 10.5. The molecule has 0 spiro atoms. The first kappa shape index (κ1) is 16.7. The van der Waals surface area contributed by atoms with Crippen molar-refractivity contribution in [1.29, 1.82) is 0 Å². The van der Waals surface area contributed by atoms with Gasteiger partial charge in [0.15, 0.2) is 0 Å². The second-order valence-corrected chi connectivity index (χ2v) is 6.44. The molecule has 6 nitrogen and oxygen atoms in total. The van der Waals surface area contributed by atoms with Gasteiger partial charge in [-0.3, -0.25) is 14.4 Å². The van der Waals surface area contributed by atoms with Gasteiger partial charge in [-0.1, -0.05) is 25.7 Å². The van der Waals surface area contributed by atoms with Gasteiger partial charge < -0.3 is 15.4 Å². The molecular formula is C15H19BrN2O4. The van der Waals surface area contributed by atoms with Gasteiger partial charge >= 0.3 is 5.97 Å². The van der Waals surface area contributed by atoms with Crippen LogP contribution in [-0.4, -0.2) is 28.0 Å². The van der Waals surface area contributed by atoms with Gasteiger partial charge in [-0.15, -0.1) is 0 Å². The Morgan fingerprint density at radius 1 is 1.23 bits per heavy atom. The van der Waals surface area contributed by atoms with E-state index in [2.05, 4.69) is 26.2 Å². The first-order valence-corrected chi connectivity index (χ1v) is 8.20. The van der Waals surface area contributed by atoms with Gasteiger partial charge in [0.25, 0.3) is 11.5 Å². The number of carbonyl (C=O) groups is 2. The fourth-order valence-electron chi connectivity index (χ4n) is 2.79. The van der Waals surface area contributed by atoms with E-state index in [1.807, 2.05) is 0 Å². The monoisotopic (exact) mass is 370 g/mol. The molecule has 1 fully saturated rings. The number of hydrogen-bond donors (Lipinski definition) is 3. The number of aliphatic carboxylic acids is 1. The summed E-state index contributed by atoms with van der Waals surface area (Å²) in [5, 5.41) is 12.2. The van der Waals surface area contributed by atoms with E-state index in [-0.39, 0.29) is 22.0 Å². The Balaban J connectivity index is 2.13. The Labute approximate surface area is 136 Å². The molecule has 0 saturated heterocycles. The summed E-state index contributed by atoms with van der Waals surface area (Å²) in [5.74, 6) is -1.79. The van der Waals surface area contributed by atoms with Crippen molar-refractivity contribution in [2.45, 2.75) is 44.6 Å². The van der Waals surface area contributed by atoms with Crippen molar-refractivity contribution in [3.63, 3.8) is 0 Å². The molecule has 2 rings (SSSR count). The quantitative estimate of drug-likeness (QED) is 0.759. The average Bonchev–Trinajstić information content (AvgIpc) is 2.44. The highest BCUT2D eigenvalue weighted by molar-refractivity contribution is 9.10. The minimum atomic E-state index is -0.866. The standard InChI is InChI=1S/C15H19BrN2O4/c16-11-7-9(8-17-14(11)20)13(19)18-12-6-4-2-1-3-5-10(12)15(21)22/h7-8,10,12H,1-6H2,(H,17,20)(H,18,19)(H,21,22). The summed E-state index contributed by atoms with van der Waals surface area (Å²) in [7, 11) is 0. The number of aromatic nitrogens is 1. The Hall–Kier alpha value is -1.63. The zero-order chi connectivity index (χ0) is 16.1. The molecule has 22 heavy (non-hydrogen) atoms. The maximum atomic E-state index is 12.3. The number of halogens is 1. The molecule has 0 aliphatic heterocycles. The van der Waals surface area contributed by atoms with Crippen LogP contribution in [0.25, 0.3) is 0 Å². The molecule has 1 amide bonds. The summed E-state index contributed by atoms with van der Waals surface area (Å²) in [4.78, 5) is 37.5. The van der Waals surface area contributed by atoms with Crippen LogP contribution in [-0.2, 0) is 4.79 Å². The molecule has 0 bridgehead atoms. The first-order valence-electron chi connectivity index (χ1n) is 7.41. The van der Waals surface area contributed by atoms with E-state index in [1.54, 1.807) is 0 Å². The van der Waals surface area contributed by atoms with Gasteiger partial charge in [0.2, 0.25) is 0 Å². The number of H-pyrrole nitrogens is 1. The third kappa shape index (κ3) is 4.19. The Morgan fingerprint density at radius 3 is 2.55 bits per heavy atom. The minimum Gasteiger partial charge on any atom is -0.481 e. The topological polar surface area (TPSA) is 99.3 Å². The van der Waals surface area contributed by atoms with Gasteiger partial charge in [0, 0.05) is 12.2 Å². The molecule has 7 heteroatoms. The molecule has 2 unspecified atom stereocenters. The van der Waals surface area contributed by atoms with Gasteiger partial charge in [-0.25, -0.2) is 0 Å². The third-order valence-corrected chi connectivity index (χ3v) is 4.61. The molecule has 3 N–H and O–H groups in total. The molecule has 1 aromatic rings. The van der Waals surface area contributed by atoms with E-state index in [0.29, 0.717) is 18.4 Å². The Kier molecular flexibility index (Phi) is 5.76. The van der Waals surface area contributed by atoms with E-state index < -0.39 is 11.9 Å². The molecule has 1 aliphatic rings. The molecule has 0 radical (unpaired) electrons. The Bertz CT molecular complexity index is 614. The van der Waals surface area contributed by atoms with E-state index in [1.165, 1.54) is 12.3 Å². The highest BCUT2D eigenvalue weighted by Gasteiger charge is 2.30. The van der Waals surface area contributed by atoms with Crippen LogP contribution >= 0.6 is 15.9 Å². The van der Waals surface area contributed by atoms with Gasteiger partial charge in [0.1, 0.15) is 0 Å². The van der Waals surface area contributed by atoms with Crippen LogP contribution in [0.5, 0.6) is 0 Å². The van der Waals surface area contributed by atoms with E-state index in [9.17, 15) is 19.5 Å². The fraction of sp³-hybridized carbons (Fsp3) is 0.533. The molecule has 120 valence electrons. The number of aromatic amines is 1. The van der Waals surface area contributed by atoms with Crippen LogP contribution in [0.4, 0.5) is 0 Å². The van der Waals surface area contributed by atoms with Crippen molar-refractivity contribution in [2.75, 3.05) is 0 Å². The number of hydrogen-bond acceptors (Lipinski definition) is 3. The van der Waals surface area contributed by atoms with E-state index >= 15 is 0 Å². The van der Waals surface area contributed by atoms with Gasteiger partial charge in [-0.05, 0) is 34.8 Å². The molecular weight excluding hydrogens is 352 g/mol. The zero-order valence-electron chi connectivity index (χ0n) is 12.1. The van der Waals surface area contributed by atoms with Crippen LogP contribution in [0, 0.1) is 5.92 Å². The number of carboxylic acids is 1. The predicted octanol–water partition coefficient (Wildman–Crippen LogP) is 2.29. The minimum absolute atomic E-state index is 0.271. The normalized spacial score (nSPS) is 22.4. The predicted molar refractivity (Wildman–Crippen MR) is 84.8 cm³/mol. The average molecular weight is 371 g/mol. The van der Waals surface area contributed by atoms with Crippen LogP contribution in [0.2, 0.25) is 0 Å². The second kappa shape index (κ2) is 7.58. The van der Waals surface area contributed by atoms with Gasteiger partial charge in [0.05, 0.1) is 16.0 Å². The summed E-state index contributed by atoms with van der Waals surface area (Å²) in [6.07, 6.45) is 6.45. The number of nitrogens with one attached hydrogen (secondary N) is 2. The lowest BCUT2D eigenvalue weighted by Gasteiger charge is -2.27. The molecule has 1 heterocycles. The van der Waals surface area contributed by atoms with Crippen molar-refractivity contribution in [3.05, 3.63) is 32.7 Å². The Morgan fingerprint density at radius 2 is 1.91 bits per heavy atom. The van der Waals surface area contributed by atoms with E-state index in [0.717, 1.165) is 25.7 Å². The maximum absolute atomic E-state index is 12.3. The summed E-state index contributed by atoms with van der Waals surface area (Å²) in [5.41, 5.74) is -0.0106. The van der Waals surface area contributed by atoms with Crippen molar-refractivity contribution >= 4 is 27.8 Å². The number of amides is 1. The molecule has 1 saturated carbocycles. The summed E-state index contributed by atoms with van der Waals surface area (Å²) < 4.78 is 0.271. The van der Waals surface area contributed by atoms with E-state index in [4.69, 9.17) is 0 Å². The largest absolute Gasteiger partial charge is 0.481 e. The highest BCUT2D eigenvalue weighted by Crippen LogP contribution is 2.23. The number of carbonyl (C=O) groups excluding carboxylic acids is 1. The lowest BCUT2D eigenvalue weighted by Crippen LogP contribution is -2.44. The summed E-state index contributed by atoms with van der Waals surface area (Å²) >= 11 is 3.08. The van der Waals surface area contributed by atoms with Crippen LogP contribution in [0.3, 0.4) is 0 Å². The van der Waals surface area contributed by atoms with Crippen molar-refractivity contribution < 1.29 is 14.7 Å². The molecule has 1 aromatic heterocycles. The van der Waals surface area contributed by atoms with Crippen molar-refractivity contribution in [2.24, 2.45) is 5.92 Å². The summed E-state index contributed by atoms with van der Waals surface area (Å²) in [6, 6.07) is 1.06. The number of carboxylic acid groups (broad SMARTS) is 1. The maximum Gasteiger partial charge on any atom is 0.308 e. The molecule has 0 aromatic carbocycles. The van der Waals surface area contributed by atoms with Gasteiger partial charge in [-0.2, -0.15) is 0 Å². The third-order valence-electron chi connectivity index (χ3n) is 4.02. The molecule has 1 aliphatic carbocycles. The zero-order valence-corrected chi connectivity index (χ0v) is 13.7. The SMILES string of the molecule is O=C(NC1CCCCCCC1C(=O)O)c1c[nH]c(=O)c(Br)c1. The van der Waals surface area contributed by atoms with Crippen molar-refractivity contribution in [3.8, 4) is 0 Å². The number of pyridine rings is 1. The van der Waals surface area contributed by atoms with Crippen LogP contribution in [0.15, 0.2) is 21.5 Å². The second-order valence-electron chi connectivity index (χ2n) is 5.58. The number of rotatable bonds is 3. The fourth-order valence-corrected chi connectivity index (χ4v) is 3.15. The van der Waals surface area contributed by atoms with Crippen LogP contribution in [0.1, 0.15) is 48.9 Å². The summed E-state index contributed by atoms with van der Waals surface area (Å²) in [6.45, 7) is 0. The lowest BCUT2D eigenvalue weighted by atomic mass is 9.86. The smallest absolute Gasteiger partial charge is 0.308 e. The van der Waals surface area contributed by atoms with Crippen molar-refractivity contribution in [1.82, 2.24) is 10.3 Å². The lowest BCUT2D eigenvalue weighted by molar-refractivity contribution is -0.143. The van der Waals surface area contributed by atoms with Crippen LogP contribution < -0.4 is 10.9 Å². The highest BCUT2D eigenvalue weighted by atomic mass is 79.9.